The minimum Gasteiger partial charge on any atom is -0.327 e. The molecule has 0 amide bonds. The lowest BCUT2D eigenvalue weighted by atomic mass is 10.1. The number of hydrogen-bond donors (Lipinski definition) is 1. The number of halogens is 3. The van der Waals surface area contributed by atoms with Gasteiger partial charge in [0.15, 0.2) is 0 Å². The van der Waals surface area contributed by atoms with E-state index in [9.17, 15) is 13.2 Å². The van der Waals surface area contributed by atoms with Crippen molar-refractivity contribution in [2.75, 3.05) is 6.54 Å². The highest BCUT2D eigenvalue weighted by molar-refractivity contribution is 5.16. The molecule has 0 rings (SSSR count). The number of allylic oxidation sites excluding steroid dienone is 2. The van der Waals surface area contributed by atoms with Crippen LogP contribution in [0.25, 0.3) is 0 Å². The second kappa shape index (κ2) is 4.30. The van der Waals surface area contributed by atoms with Crippen LogP contribution in [-0.2, 0) is 0 Å². The van der Waals surface area contributed by atoms with Crippen molar-refractivity contribution in [1.82, 2.24) is 0 Å². The van der Waals surface area contributed by atoms with Crippen molar-refractivity contribution in [1.29, 1.82) is 0 Å². The predicted molar refractivity (Wildman–Crippen MR) is 42.6 cm³/mol. The SMILES string of the molecule is C=C(C)C/C(=C\CN)C(F)(F)F. The second-order valence-corrected chi connectivity index (χ2v) is 2.60. The summed E-state index contributed by atoms with van der Waals surface area (Å²) in [5, 5.41) is 0. The van der Waals surface area contributed by atoms with Gasteiger partial charge in [-0.15, -0.1) is 0 Å². The molecule has 0 saturated carbocycles. The van der Waals surface area contributed by atoms with Crippen LogP contribution in [0.4, 0.5) is 13.2 Å². The van der Waals surface area contributed by atoms with Gasteiger partial charge in [-0.05, 0) is 13.3 Å². The van der Waals surface area contributed by atoms with E-state index in [1.54, 1.807) is 6.92 Å². The number of hydrogen-bond acceptors (Lipinski definition) is 1. The topological polar surface area (TPSA) is 26.0 Å². The lowest BCUT2D eigenvalue weighted by Crippen LogP contribution is -2.14. The summed E-state index contributed by atoms with van der Waals surface area (Å²) in [6.07, 6.45) is -3.45. The normalized spacial score (nSPS) is 13.2. The van der Waals surface area contributed by atoms with Crippen LogP contribution in [0.15, 0.2) is 23.8 Å². The molecule has 1 nitrogen and oxygen atoms in total. The maximum atomic E-state index is 12.1. The first kappa shape index (κ1) is 11.2. The van der Waals surface area contributed by atoms with Gasteiger partial charge in [0.1, 0.15) is 0 Å². The molecule has 2 N–H and O–H groups in total. The Hall–Kier alpha value is -0.770. The zero-order chi connectivity index (χ0) is 9.78. The zero-order valence-electron chi connectivity index (χ0n) is 6.91. The highest BCUT2D eigenvalue weighted by Crippen LogP contribution is 2.29. The van der Waals surface area contributed by atoms with Crippen molar-refractivity contribution in [3.63, 3.8) is 0 Å². The van der Waals surface area contributed by atoms with Crippen LogP contribution in [0, 0.1) is 0 Å². The van der Waals surface area contributed by atoms with Crippen molar-refractivity contribution < 1.29 is 13.2 Å². The Labute approximate surface area is 69.8 Å². The zero-order valence-corrected chi connectivity index (χ0v) is 6.91. The Kier molecular flexibility index (Phi) is 4.03. The molecule has 0 radical (unpaired) electrons. The maximum Gasteiger partial charge on any atom is 0.412 e. The van der Waals surface area contributed by atoms with Gasteiger partial charge in [-0.25, -0.2) is 0 Å². The first-order valence-corrected chi connectivity index (χ1v) is 3.48. The summed E-state index contributed by atoms with van der Waals surface area (Å²) in [7, 11) is 0. The van der Waals surface area contributed by atoms with E-state index in [2.05, 4.69) is 6.58 Å². The lowest BCUT2D eigenvalue weighted by Gasteiger charge is -2.10. The molecule has 0 fully saturated rings. The van der Waals surface area contributed by atoms with Gasteiger partial charge in [0.2, 0.25) is 0 Å². The molecule has 0 aromatic carbocycles. The third-order valence-corrected chi connectivity index (χ3v) is 1.22. The molecule has 0 spiro atoms. The van der Waals surface area contributed by atoms with Crippen LogP contribution >= 0.6 is 0 Å². The monoisotopic (exact) mass is 179 g/mol. The van der Waals surface area contributed by atoms with Gasteiger partial charge in [-0.2, -0.15) is 13.2 Å². The van der Waals surface area contributed by atoms with Gasteiger partial charge in [-0.3, -0.25) is 0 Å². The number of alkyl halides is 3. The summed E-state index contributed by atoms with van der Waals surface area (Å²) in [5.74, 6) is 0. The van der Waals surface area contributed by atoms with Crippen molar-refractivity contribution in [3.8, 4) is 0 Å². The molecule has 0 unspecified atom stereocenters. The van der Waals surface area contributed by atoms with Gasteiger partial charge in [0.25, 0.3) is 0 Å². The fraction of sp³-hybridized carbons (Fsp3) is 0.500. The molecule has 70 valence electrons. The van der Waals surface area contributed by atoms with Crippen molar-refractivity contribution >= 4 is 0 Å². The molecular weight excluding hydrogens is 167 g/mol. The highest BCUT2D eigenvalue weighted by Gasteiger charge is 2.32. The van der Waals surface area contributed by atoms with E-state index in [4.69, 9.17) is 5.73 Å². The maximum absolute atomic E-state index is 12.1. The lowest BCUT2D eigenvalue weighted by molar-refractivity contribution is -0.0933. The van der Waals surface area contributed by atoms with Crippen LogP contribution in [0.3, 0.4) is 0 Å². The van der Waals surface area contributed by atoms with Gasteiger partial charge in [0, 0.05) is 12.1 Å². The average Bonchev–Trinajstić information content (AvgIpc) is 1.83. The van der Waals surface area contributed by atoms with Gasteiger partial charge >= 0.3 is 6.18 Å². The van der Waals surface area contributed by atoms with Crippen LogP contribution in [-0.4, -0.2) is 12.7 Å². The molecule has 0 aliphatic carbocycles. The van der Waals surface area contributed by atoms with Crippen LogP contribution in [0.5, 0.6) is 0 Å². The molecule has 0 atom stereocenters. The van der Waals surface area contributed by atoms with E-state index in [0.29, 0.717) is 5.57 Å². The van der Waals surface area contributed by atoms with Crippen LogP contribution in [0.1, 0.15) is 13.3 Å². The molecule has 12 heavy (non-hydrogen) atoms. The summed E-state index contributed by atoms with van der Waals surface area (Å²) < 4.78 is 36.3. The molecule has 0 bridgehead atoms. The van der Waals surface area contributed by atoms with E-state index in [1.807, 2.05) is 0 Å². The summed E-state index contributed by atoms with van der Waals surface area (Å²) in [6.45, 7) is 4.87. The largest absolute Gasteiger partial charge is 0.412 e. The van der Waals surface area contributed by atoms with E-state index < -0.39 is 11.7 Å². The fourth-order valence-corrected chi connectivity index (χ4v) is 0.755. The van der Waals surface area contributed by atoms with Crippen LogP contribution < -0.4 is 5.73 Å². The van der Waals surface area contributed by atoms with E-state index in [0.717, 1.165) is 6.08 Å². The number of rotatable bonds is 3. The molecule has 0 aliphatic heterocycles. The van der Waals surface area contributed by atoms with Gasteiger partial charge in [0.05, 0.1) is 0 Å². The molecule has 0 saturated heterocycles. The molecule has 0 aromatic heterocycles. The van der Waals surface area contributed by atoms with E-state index in [1.165, 1.54) is 0 Å². The van der Waals surface area contributed by atoms with Gasteiger partial charge < -0.3 is 5.73 Å². The molecule has 0 aliphatic rings. The first-order chi connectivity index (χ1) is 5.38. The molecule has 0 aromatic rings. The Balaban J connectivity index is 4.46. The van der Waals surface area contributed by atoms with Crippen molar-refractivity contribution in [2.24, 2.45) is 5.73 Å². The minimum atomic E-state index is -4.28. The first-order valence-electron chi connectivity index (χ1n) is 3.48. The van der Waals surface area contributed by atoms with E-state index >= 15 is 0 Å². The summed E-state index contributed by atoms with van der Waals surface area (Å²) in [6, 6.07) is 0. The summed E-state index contributed by atoms with van der Waals surface area (Å²) in [4.78, 5) is 0. The second-order valence-electron chi connectivity index (χ2n) is 2.60. The number of nitrogens with two attached hydrogens (primary N) is 1. The Morgan fingerprint density at radius 2 is 2.00 bits per heavy atom. The molecular formula is C8H12F3N. The van der Waals surface area contributed by atoms with E-state index in [-0.39, 0.29) is 13.0 Å². The molecule has 4 heteroatoms. The Bertz CT molecular complexity index is 191. The predicted octanol–water partition coefficient (Wildman–Crippen LogP) is 2.40. The average molecular weight is 179 g/mol. The minimum absolute atomic E-state index is 0.0951. The van der Waals surface area contributed by atoms with Crippen molar-refractivity contribution in [3.05, 3.63) is 23.8 Å². The Morgan fingerprint density at radius 3 is 2.25 bits per heavy atom. The standard InChI is InChI=1S/C8H12F3N/c1-6(2)5-7(3-4-12)8(9,10)11/h3H,1,4-5,12H2,2H3/b7-3+. The quantitative estimate of drug-likeness (QED) is 0.661. The van der Waals surface area contributed by atoms with Crippen LogP contribution in [0.2, 0.25) is 0 Å². The third kappa shape index (κ3) is 4.18. The van der Waals surface area contributed by atoms with Gasteiger partial charge in [-0.1, -0.05) is 18.2 Å². The fourth-order valence-electron chi connectivity index (χ4n) is 0.755. The smallest absolute Gasteiger partial charge is 0.327 e. The highest BCUT2D eigenvalue weighted by atomic mass is 19.4. The molecule has 0 heterocycles. The Morgan fingerprint density at radius 1 is 1.50 bits per heavy atom. The summed E-state index contributed by atoms with van der Waals surface area (Å²) in [5.41, 5.74) is 4.86. The third-order valence-electron chi connectivity index (χ3n) is 1.22. The van der Waals surface area contributed by atoms with Crippen molar-refractivity contribution in [2.45, 2.75) is 19.5 Å². The summed E-state index contributed by atoms with van der Waals surface area (Å²) >= 11 is 0.